The smallest absolute Gasteiger partial charge is 0.554 e. The molecule has 2 aliphatic heterocycles. The Bertz CT molecular complexity index is 1740. The van der Waals surface area contributed by atoms with Crippen LogP contribution >= 0.6 is 0 Å². The van der Waals surface area contributed by atoms with Crippen LogP contribution in [-0.4, -0.2) is 69.7 Å². The van der Waals surface area contributed by atoms with Gasteiger partial charge >= 0.3 is 24.8 Å². The van der Waals surface area contributed by atoms with Crippen molar-refractivity contribution in [3.05, 3.63) is 48.0 Å². The summed E-state index contributed by atoms with van der Waals surface area (Å²) in [6.07, 6.45) is 15.0. The number of aliphatic hydroxyl groups is 1. The Hall–Kier alpha value is -2.70. The van der Waals surface area contributed by atoms with E-state index < -0.39 is 5.60 Å². The minimum atomic E-state index is -0.822. The molecular formula is C52H79LiO9. The van der Waals surface area contributed by atoms with E-state index >= 15 is 0 Å². The molecule has 6 fully saturated rings. The summed E-state index contributed by atoms with van der Waals surface area (Å²) in [6.45, 7) is 20.4. The number of rotatable bonds is 7. The van der Waals surface area contributed by atoms with Crippen molar-refractivity contribution in [2.75, 3.05) is 41.7 Å². The van der Waals surface area contributed by atoms with Gasteiger partial charge in [-0.15, -0.1) is 12.1 Å². The Morgan fingerprint density at radius 2 is 1.15 bits per heavy atom. The van der Waals surface area contributed by atoms with Crippen LogP contribution in [0.2, 0.25) is 0 Å². The fourth-order valence-corrected chi connectivity index (χ4v) is 13.2. The van der Waals surface area contributed by atoms with Gasteiger partial charge in [0.05, 0.1) is 40.5 Å². The standard InChI is InChI=1S/C24H36O4.C16H26O2.C8H9O2.C4H8O.Li/c1-22(2)9-7-10-23(3)20(22)8-11-24(4,26)21(23)15-19(25)16-12-17(27-5)14-18(13-16)28-6;1-14(2)7-5-8-15(3)11(14)6-9-16(4)12(15)10-13(17)18-16;1-9-7-4-3-5-8(6-7)10-2;1-2-4-5-3-1;/h12-14,20-21,26H,7-11,15H2,1-6H3;11-12H,5-10H2,1-4H3;4-6H,1-2H3;1-4H2;/q;;-1;;+1/t20-,21+,23-,24+;11-,12+,15-,16+;;;/m00.../s1. The molecule has 2 aromatic carbocycles. The van der Waals surface area contributed by atoms with Gasteiger partial charge < -0.3 is 33.5 Å². The molecule has 0 spiro atoms. The molecule has 62 heavy (non-hydrogen) atoms. The number of ether oxygens (including phenoxy) is 6. The number of esters is 1. The van der Waals surface area contributed by atoms with E-state index in [9.17, 15) is 14.7 Å². The van der Waals surface area contributed by atoms with E-state index in [1.54, 1.807) is 64.8 Å². The zero-order chi connectivity index (χ0) is 44.9. The van der Waals surface area contributed by atoms with Crippen molar-refractivity contribution in [1.82, 2.24) is 0 Å². The number of hydrogen-bond donors (Lipinski definition) is 1. The topological polar surface area (TPSA) is 110 Å². The summed E-state index contributed by atoms with van der Waals surface area (Å²) in [5.74, 6) is 4.51. The normalized spacial score (nSPS) is 33.5. The minimum Gasteiger partial charge on any atom is -0.554 e. The summed E-state index contributed by atoms with van der Waals surface area (Å²) in [5.41, 5.74) is 0.563. The molecule has 0 unspecified atom stereocenters. The van der Waals surface area contributed by atoms with E-state index in [-0.39, 0.29) is 53.0 Å². The average molecular weight is 855 g/mol. The molecule has 10 heteroatoms. The van der Waals surface area contributed by atoms with Gasteiger partial charge in [-0.1, -0.05) is 60.5 Å². The van der Waals surface area contributed by atoms with Crippen LogP contribution in [0.25, 0.3) is 0 Å². The van der Waals surface area contributed by atoms with E-state index in [1.807, 2.05) is 6.92 Å². The number of methoxy groups -OCH3 is 4. The Kier molecular flexibility index (Phi) is 17.7. The largest absolute Gasteiger partial charge is 1.00 e. The second-order valence-electron chi connectivity index (χ2n) is 21.2. The van der Waals surface area contributed by atoms with E-state index in [2.05, 4.69) is 54.5 Å². The molecule has 342 valence electrons. The molecule has 8 rings (SSSR count). The Balaban J connectivity index is 0.000000210. The van der Waals surface area contributed by atoms with Gasteiger partial charge in [-0.2, -0.15) is 6.07 Å². The fraction of sp³-hybridized carbons (Fsp3) is 0.731. The third kappa shape index (κ3) is 11.6. The van der Waals surface area contributed by atoms with Gasteiger partial charge in [-0.25, -0.2) is 0 Å². The van der Waals surface area contributed by atoms with Crippen LogP contribution in [-0.2, 0) is 14.3 Å². The molecule has 8 atom stereocenters. The molecule has 9 nitrogen and oxygen atoms in total. The van der Waals surface area contributed by atoms with Crippen LogP contribution in [0.5, 0.6) is 23.0 Å². The first-order valence-corrected chi connectivity index (χ1v) is 23.1. The minimum absolute atomic E-state index is 0. The summed E-state index contributed by atoms with van der Waals surface area (Å²) < 4.78 is 31.2. The predicted octanol–water partition coefficient (Wildman–Crippen LogP) is 8.51. The SMILES string of the molecule is C1CCOC1.CC1(C)CCC[C@]2(C)[C@H]3CC(=O)O[C@]3(C)CC[C@@H]12.COc1c[c-]cc(OC)c1.COc1cc(OC)cc(C(=O)C[C@@H]2[C@@]3(C)CCCC(C)(C)[C@@H]3CC[C@@]2(C)O)c1.[Li+]. The van der Waals surface area contributed by atoms with Gasteiger partial charge in [0.25, 0.3) is 0 Å². The quantitative estimate of drug-likeness (QED) is 0.127. The summed E-state index contributed by atoms with van der Waals surface area (Å²) >= 11 is 0. The molecule has 0 radical (unpaired) electrons. The van der Waals surface area contributed by atoms with Crippen LogP contribution in [0.3, 0.4) is 0 Å². The number of carbonyl (C=O) groups excluding carboxylic acids is 2. The molecule has 6 aliphatic rings. The van der Waals surface area contributed by atoms with Gasteiger partial charge in [0.2, 0.25) is 0 Å². The van der Waals surface area contributed by atoms with Gasteiger partial charge in [0.15, 0.2) is 5.78 Å². The number of carbonyl (C=O) groups is 2. The molecule has 2 aromatic rings. The van der Waals surface area contributed by atoms with Crippen molar-refractivity contribution in [1.29, 1.82) is 0 Å². The van der Waals surface area contributed by atoms with Gasteiger partial charge in [-0.05, 0) is 124 Å². The first-order chi connectivity index (χ1) is 28.7. The van der Waals surface area contributed by atoms with Crippen LogP contribution in [0.15, 0.2) is 36.4 Å². The second kappa shape index (κ2) is 21.1. The molecular weight excluding hydrogens is 776 g/mol. The van der Waals surface area contributed by atoms with Crippen molar-refractivity contribution in [3.63, 3.8) is 0 Å². The fourth-order valence-electron chi connectivity index (χ4n) is 13.2. The molecule has 2 heterocycles. The predicted molar refractivity (Wildman–Crippen MR) is 241 cm³/mol. The van der Waals surface area contributed by atoms with Crippen LogP contribution in [0.4, 0.5) is 0 Å². The van der Waals surface area contributed by atoms with Gasteiger partial charge in [0, 0.05) is 54.6 Å². The van der Waals surface area contributed by atoms with E-state index in [1.165, 1.54) is 44.9 Å². The molecule has 0 amide bonds. The van der Waals surface area contributed by atoms with Crippen LogP contribution in [0, 0.1) is 51.4 Å². The van der Waals surface area contributed by atoms with E-state index in [0.29, 0.717) is 52.6 Å². The number of ketones is 1. The molecule has 0 bridgehead atoms. The van der Waals surface area contributed by atoms with Crippen molar-refractivity contribution >= 4 is 11.8 Å². The number of fused-ring (bicyclic) bond motifs is 4. The van der Waals surface area contributed by atoms with Crippen LogP contribution in [0.1, 0.15) is 156 Å². The molecule has 1 N–H and O–H groups in total. The zero-order valence-electron chi connectivity index (χ0n) is 40.8. The number of Topliss-reactive ketones (excluding diaryl/α,β-unsaturated/α-hetero) is 1. The third-order valence-corrected chi connectivity index (χ3v) is 16.3. The van der Waals surface area contributed by atoms with Crippen LogP contribution < -0.4 is 37.8 Å². The first kappa shape index (κ1) is 51.9. The van der Waals surface area contributed by atoms with Gasteiger partial charge in [0.1, 0.15) is 17.1 Å². The van der Waals surface area contributed by atoms with Crippen molar-refractivity contribution < 1.29 is 62.0 Å². The summed E-state index contributed by atoms with van der Waals surface area (Å²) in [7, 11) is 6.40. The second-order valence-corrected chi connectivity index (χ2v) is 21.2. The Labute approximate surface area is 386 Å². The molecule has 2 saturated heterocycles. The Morgan fingerprint density at radius 1 is 0.661 bits per heavy atom. The summed E-state index contributed by atoms with van der Waals surface area (Å²) in [6, 6.07) is 13.5. The van der Waals surface area contributed by atoms with E-state index in [0.717, 1.165) is 62.7 Å². The first-order valence-electron chi connectivity index (χ1n) is 23.1. The van der Waals surface area contributed by atoms with Crippen molar-refractivity contribution in [2.45, 2.75) is 156 Å². The molecule has 4 aliphatic carbocycles. The van der Waals surface area contributed by atoms with Crippen molar-refractivity contribution in [3.8, 4) is 23.0 Å². The summed E-state index contributed by atoms with van der Waals surface area (Å²) in [4.78, 5) is 25.1. The molecule has 0 aromatic heterocycles. The van der Waals surface area contributed by atoms with Crippen molar-refractivity contribution in [2.24, 2.45) is 45.3 Å². The average Bonchev–Trinajstić information content (AvgIpc) is 3.91. The summed E-state index contributed by atoms with van der Waals surface area (Å²) in [5, 5.41) is 11.3. The maximum Gasteiger partial charge on any atom is 1.00 e. The number of hydrogen-bond acceptors (Lipinski definition) is 9. The molecule has 4 saturated carbocycles. The maximum absolute atomic E-state index is 13.3. The monoisotopic (exact) mass is 855 g/mol. The van der Waals surface area contributed by atoms with Gasteiger partial charge in [-0.3, -0.25) is 9.59 Å². The maximum atomic E-state index is 13.3. The van der Waals surface area contributed by atoms with E-state index in [4.69, 9.17) is 28.4 Å². The Morgan fingerprint density at radius 3 is 1.65 bits per heavy atom. The third-order valence-electron chi connectivity index (χ3n) is 16.3. The number of benzene rings is 2. The zero-order valence-corrected chi connectivity index (χ0v) is 40.8.